The van der Waals surface area contributed by atoms with E-state index in [1.165, 1.54) is 11.8 Å². The summed E-state index contributed by atoms with van der Waals surface area (Å²) >= 11 is 7.36. The van der Waals surface area contributed by atoms with E-state index < -0.39 is 0 Å². The molecule has 0 saturated carbocycles. The van der Waals surface area contributed by atoms with Crippen LogP contribution in [0, 0.1) is 6.92 Å². The minimum Gasteiger partial charge on any atom is -0.411 e. The number of nitrogens with one attached hydrogen (secondary N) is 1. The largest absolute Gasteiger partial charge is 0.411 e. The number of aryl methyl sites for hydroxylation is 1. The number of carbonyl (C=O) groups excluding carboxylic acids is 1. The molecule has 6 nitrogen and oxygen atoms in total. The second kappa shape index (κ2) is 8.88. The molecule has 3 aromatic rings. The van der Waals surface area contributed by atoms with E-state index in [9.17, 15) is 4.79 Å². The summed E-state index contributed by atoms with van der Waals surface area (Å²) in [6.45, 7) is 3.97. The number of hydrogen-bond acceptors (Lipinski definition) is 6. The molecule has 1 N–H and O–H groups in total. The van der Waals surface area contributed by atoms with Crippen molar-refractivity contribution in [3.05, 3.63) is 53.1 Å². The minimum atomic E-state index is -0.145. The van der Waals surface area contributed by atoms with Gasteiger partial charge in [-0.2, -0.15) is 0 Å². The second-order valence-electron chi connectivity index (χ2n) is 6.88. The number of hydrogen-bond donors (Lipinski definition) is 1. The maximum Gasteiger partial charge on any atom is 0.277 e. The molecule has 1 aliphatic heterocycles. The predicted octanol–water partition coefficient (Wildman–Crippen LogP) is 5.03. The molecular formula is C21H21ClN4O2S. The van der Waals surface area contributed by atoms with Crippen molar-refractivity contribution in [3.63, 3.8) is 0 Å². The van der Waals surface area contributed by atoms with E-state index in [0.717, 1.165) is 48.4 Å². The molecule has 2 heterocycles. The third-order valence-electron chi connectivity index (χ3n) is 4.79. The quantitative estimate of drug-likeness (QED) is 0.555. The lowest BCUT2D eigenvalue weighted by atomic mass is 10.1. The third-order valence-corrected chi connectivity index (χ3v) is 5.84. The minimum absolute atomic E-state index is 0.145. The van der Waals surface area contributed by atoms with Crippen molar-refractivity contribution in [2.45, 2.75) is 25.0 Å². The van der Waals surface area contributed by atoms with Crippen molar-refractivity contribution in [1.29, 1.82) is 0 Å². The van der Waals surface area contributed by atoms with Crippen LogP contribution in [0.2, 0.25) is 5.02 Å². The monoisotopic (exact) mass is 428 g/mol. The number of carbonyl (C=O) groups is 1. The molecule has 4 rings (SSSR count). The first-order valence-electron chi connectivity index (χ1n) is 9.47. The fourth-order valence-corrected chi connectivity index (χ4v) is 4.08. The number of nitrogens with zero attached hydrogens (tertiary/aromatic N) is 3. The van der Waals surface area contributed by atoms with Gasteiger partial charge in [-0.25, -0.2) is 0 Å². The molecule has 1 amide bonds. The van der Waals surface area contributed by atoms with Crippen molar-refractivity contribution in [3.8, 4) is 11.5 Å². The van der Waals surface area contributed by atoms with Gasteiger partial charge in [-0.15, -0.1) is 10.2 Å². The highest BCUT2D eigenvalue weighted by Gasteiger charge is 2.18. The standard InChI is InChI=1S/C21H21ClN4O2S/c1-14-6-2-3-7-16(14)20-24-25-21(28-20)29-13-19(27)23-17-12-15(22)8-9-18(17)26-10-4-5-11-26/h2-3,6-9,12H,4-5,10-11,13H2,1H3,(H,23,27). The number of aromatic nitrogens is 2. The van der Waals surface area contributed by atoms with Crippen LogP contribution in [-0.4, -0.2) is 34.9 Å². The summed E-state index contributed by atoms with van der Waals surface area (Å²) in [5.74, 6) is 0.479. The van der Waals surface area contributed by atoms with Crippen LogP contribution in [0.1, 0.15) is 18.4 Å². The number of halogens is 1. The number of amides is 1. The zero-order valence-corrected chi connectivity index (χ0v) is 17.6. The molecule has 150 valence electrons. The first kappa shape index (κ1) is 19.8. The van der Waals surface area contributed by atoms with E-state index >= 15 is 0 Å². The zero-order chi connectivity index (χ0) is 20.2. The number of rotatable bonds is 6. The average Bonchev–Trinajstić information content (AvgIpc) is 3.39. The SMILES string of the molecule is Cc1ccccc1-c1nnc(SCC(=O)Nc2cc(Cl)ccc2N2CCCC2)o1. The Bertz CT molecular complexity index is 1020. The van der Waals surface area contributed by atoms with Crippen LogP contribution < -0.4 is 10.2 Å². The van der Waals surface area contributed by atoms with Gasteiger partial charge in [-0.3, -0.25) is 4.79 Å². The Morgan fingerprint density at radius 3 is 2.79 bits per heavy atom. The fourth-order valence-electron chi connectivity index (χ4n) is 3.35. The summed E-state index contributed by atoms with van der Waals surface area (Å²) in [5, 5.41) is 12.1. The molecule has 0 bridgehead atoms. The normalized spacial score (nSPS) is 13.7. The maximum absolute atomic E-state index is 12.5. The molecule has 0 radical (unpaired) electrons. The summed E-state index contributed by atoms with van der Waals surface area (Å²) in [6, 6.07) is 13.4. The van der Waals surface area contributed by atoms with Gasteiger partial charge < -0.3 is 14.6 Å². The summed E-state index contributed by atoms with van der Waals surface area (Å²) in [5.41, 5.74) is 3.69. The molecule has 1 saturated heterocycles. The van der Waals surface area contributed by atoms with Gasteiger partial charge in [0.1, 0.15) is 0 Å². The summed E-state index contributed by atoms with van der Waals surface area (Å²) < 4.78 is 5.71. The lowest BCUT2D eigenvalue weighted by molar-refractivity contribution is -0.113. The third kappa shape index (κ3) is 4.74. The Balaban J connectivity index is 1.40. The van der Waals surface area contributed by atoms with Gasteiger partial charge in [0.25, 0.3) is 5.22 Å². The lowest BCUT2D eigenvalue weighted by Crippen LogP contribution is -2.21. The van der Waals surface area contributed by atoms with Gasteiger partial charge in [0, 0.05) is 23.7 Å². The van der Waals surface area contributed by atoms with E-state index in [-0.39, 0.29) is 11.7 Å². The molecule has 2 aromatic carbocycles. The highest BCUT2D eigenvalue weighted by atomic mass is 35.5. The van der Waals surface area contributed by atoms with Crippen LogP contribution in [0.4, 0.5) is 11.4 Å². The van der Waals surface area contributed by atoms with Crippen LogP contribution in [-0.2, 0) is 4.79 Å². The highest BCUT2D eigenvalue weighted by molar-refractivity contribution is 7.99. The van der Waals surface area contributed by atoms with Gasteiger partial charge in [-0.1, -0.05) is 41.6 Å². The molecule has 29 heavy (non-hydrogen) atoms. The Morgan fingerprint density at radius 2 is 2.00 bits per heavy atom. The van der Waals surface area contributed by atoms with Crippen molar-refractivity contribution < 1.29 is 9.21 Å². The highest BCUT2D eigenvalue weighted by Crippen LogP contribution is 2.32. The number of thioether (sulfide) groups is 1. The number of anilines is 2. The molecule has 1 fully saturated rings. The second-order valence-corrected chi connectivity index (χ2v) is 8.24. The Labute approximate surface area is 178 Å². The molecule has 1 aliphatic rings. The summed E-state index contributed by atoms with van der Waals surface area (Å²) in [7, 11) is 0. The smallest absolute Gasteiger partial charge is 0.277 e. The topological polar surface area (TPSA) is 71.3 Å². The summed E-state index contributed by atoms with van der Waals surface area (Å²) in [4.78, 5) is 14.8. The van der Waals surface area contributed by atoms with E-state index in [4.69, 9.17) is 16.0 Å². The molecule has 0 aliphatic carbocycles. The molecule has 0 spiro atoms. The van der Waals surface area contributed by atoms with Gasteiger partial charge in [0.2, 0.25) is 11.8 Å². The molecule has 0 unspecified atom stereocenters. The predicted molar refractivity (Wildman–Crippen MR) is 117 cm³/mol. The van der Waals surface area contributed by atoms with E-state index in [1.54, 1.807) is 6.07 Å². The van der Waals surface area contributed by atoms with E-state index in [2.05, 4.69) is 20.4 Å². The first-order chi connectivity index (χ1) is 14.1. The Morgan fingerprint density at radius 1 is 1.21 bits per heavy atom. The van der Waals surface area contributed by atoms with Gasteiger partial charge in [-0.05, 0) is 49.6 Å². The van der Waals surface area contributed by atoms with Gasteiger partial charge >= 0.3 is 0 Å². The molecule has 0 atom stereocenters. The average molecular weight is 429 g/mol. The first-order valence-corrected chi connectivity index (χ1v) is 10.8. The van der Waals surface area contributed by atoms with Crippen LogP contribution in [0.25, 0.3) is 11.5 Å². The van der Waals surface area contributed by atoms with Crippen molar-refractivity contribution in [2.24, 2.45) is 0 Å². The lowest BCUT2D eigenvalue weighted by Gasteiger charge is -2.21. The van der Waals surface area contributed by atoms with Gasteiger partial charge in [0.15, 0.2) is 0 Å². The van der Waals surface area contributed by atoms with Crippen LogP contribution in [0.15, 0.2) is 52.1 Å². The maximum atomic E-state index is 12.5. The van der Waals surface area contributed by atoms with Crippen molar-refractivity contribution in [1.82, 2.24) is 10.2 Å². The Kier molecular flexibility index (Phi) is 6.06. The molecular weight excluding hydrogens is 408 g/mol. The van der Waals surface area contributed by atoms with Crippen LogP contribution in [0.3, 0.4) is 0 Å². The van der Waals surface area contributed by atoms with Gasteiger partial charge in [0.05, 0.1) is 17.1 Å². The van der Waals surface area contributed by atoms with Crippen LogP contribution in [0.5, 0.6) is 0 Å². The van der Waals surface area contributed by atoms with E-state index in [0.29, 0.717) is 16.1 Å². The van der Waals surface area contributed by atoms with Crippen molar-refractivity contribution >= 4 is 40.6 Å². The Hall–Kier alpha value is -2.51. The number of benzene rings is 2. The molecule has 1 aromatic heterocycles. The fraction of sp³-hybridized carbons (Fsp3) is 0.286. The zero-order valence-electron chi connectivity index (χ0n) is 16.0. The molecule has 8 heteroatoms. The van der Waals surface area contributed by atoms with E-state index in [1.807, 2.05) is 43.3 Å². The summed E-state index contributed by atoms with van der Waals surface area (Å²) in [6.07, 6.45) is 2.32. The van der Waals surface area contributed by atoms with Crippen LogP contribution >= 0.6 is 23.4 Å². The van der Waals surface area contributed by atoms with Crippen molar-refractivity contribution in [2.75, 3.05) is 29.1 Å².